The molecule has 2 atom stereocenters. The number of allylic oxidation sites excluding steroid dienone is 13. The first-order chi connectivity index (χ1) is 28.4. The Morgan fingerprint density at radius 1 is 0.534 bits per heavy atom. The van der Waals surface area contributed by atoms with E-state index in [1.807, 2.05) is 0 Å². The van der Waals surface area contributed by atoms with E-state index in [4.69, 9.17) is 10.5 Å². The summed E-state index contributed by atoms with van der Waals surface area (Å²) in [7, 11) is 0. The number of carbonyl (C=O) groups is 3. The summed E-state index contributed by atoms with van der Waals surface area (Å²) >= 11 is 0. The number of amides is 1. The summed E-state index contributed by atoms with van der Waals surface area (Å²) in [6.07, 6.45) is 59.4. The molecule has 0 aromatic heterocycles. The fourth-order valence-electron chi connectivity index (χ4n) is 6.43. The van der Waals surface area contributed by atoms with Crippen LogP contribution < -0.4 is 11.1 Å². The van der Waals surface area contributed by atoms with E-state index in [1.165, 1.54) is 51.4 Å². The van der Waals surface area contributed by atoms with Crippen molar-refractivity contribution in [3.05, 3.63) is 85.1 Å². The van der Waals surface area contributed by atoms with Crippen molar-refractivity contribution < 1.29 is 24.2 Å². The second kappa shape index (κ2) is 44.6. The zero-order chi connectivity index (χ0) is 42.4. The van der Waals surface area contributed by atoms with Crippen molar-refractivity contribution in [1.29, 1.82) is 0 Å². The molecule has 4 N–H and O–H groups in total. The van der Waals surface area contributed by atoms with Crippen LogP contribution in [0.4, 0.5) is 0 Å². The summed E-state index contributed by atoms with van der Waals surface area (Å²) in [4.78, 5) is 36.3. The summed E-state index contributed by atoms with van der Waals surface area (Å²) in [6.45, 7) is 4.79. The third-order valence-electron chi connectivity index (χ3n) is 9.93. The molecule has 0 radical (unpaired) electrons. The topological polar surface area (TPSA) is 119 Å². The second-order valence-corrected chi connectivity index (χ2v) is 15.4. The molecule has 0 bridgehead atoms. The van der Waals surface area contributed by atoms with Gasteiger partial charge in [-0.15, -0.1) is 0 Å². The Bertz CT molecular complexity index is 1180. The molecular weight excluding hydrogens is 721 g/mol. The lowest BCUT2D eigenvalue weighted by Gasteiger charge is -2.15. The number of hydrogen-bond acceptors (Lipinski definition) is 5. The van der Waals surface area contributed by atoms with Crippen LogP contribution in [0.15, 0.2) is 85.1 Å². The standard InChI is InChI=1S/C51H86N2O5/c1-3-5-7-9-11-13-14-15-16-17-18-19-20-21-22-23-24-25-26-27-29-35-39-45-50(55)58-47(41-36-32-28-12-10-8-6-4-2)42-37-33-30-31-34-38-44-49(54)53-48(51(56)57)43-40-46-52/h5,7,11-13,15-16,18-19,21-22,28,36,41,47-48H,3-4,6,8-10,14,17,20,23-27,29-35,37-40,42-46,52H2,1-2H3,(H,53,54)(H,56,57)/b7-5-,13-11-,16-15-,19-18-,22-21-,28-12-,41-36-. The average Bonchev–Trinajstić information content (AvgIpc) is 3.21. The molecule has 0 heterocycles. The van der Waals surface area contributed by atoms with E-state index in [-0.39, 0.29) is 18.0 Å². The summed E-state index contributed by atoms with van der Waals surface area (Å²) in [5.74, 6) is -1.31. The average molecular weight is 807 g/mol. The van der Waals surface area contributed by atoms with Crippen molar-refractivity contribution >= 4 is 17.8 Å². The maximum atomic E-state index is 12.8. The lowest BCUT2D eigenvalue weighted by molar-refractivity contribution is -0.147. The van der Waals surface area contributed by atoms with Crippen LogP contribution in [-0.2, 0) is 19.1 Å². The SMILES string of the molecule is CC/C=C\C/C=C\C/C=C\C/C=C\C/C=C\CCCCCCCCCC(=O)OC(/C=C\C/C=C\CCCCC)CCCCCCCCC(=O)NC(CCCN)C(=O)O. The van der Waals surface area contributed by atoms with Gasteiger partial charge < -0.3 is 20.9 Å². The summed E-state index contributed by atoms with van der Waals surface area (Å²) in [6, 6.07) is -0.860. The van der Waals surface area contributed by atoms with Gasteiger partial charge in [0.05, 0.1) is 0 Å². The molecule has 0 aliphatic heterocycles. The van der Waals surface area contributed by atoms with E-state index >= 15 is 0 Å². The quantitative estimate of drug-likeness (QED) is 0.0322. The van der Waals surface area contributed by atoms with E-state index in [0.29, 0.717) is 32.2 Å². The molecule has 0 aliphatic carbocycles. The van der Waals surface area contributed by atoms with Crippen molar-refractivity contribution in [3.8, 4) is 0 Å². The number of esters is 1. The van der Waals surface area contributed by atoms with Gasteiger partial charge in [-0.2, -0.15) is 0 Å². The van der Waals surface area contributed by atoms with Crippen LogP contribution in [-0.4, -0.2) is 41.6 Å². The van der Waals surface area contributed by atoms with E-state index in [2.05, 4.69) is 104 Å². The molecule has 0 aromatic rings. The number of aliphatic carboxylic acids is 1. The number of carboxylic acid groups (broad SMARTS) is 1. The van der Waals surface area contributed by atoms with Gasteiger partial charge >= 0.3 is 11.9 Å². The fourth-order valence-corrected chi connectivity index (χ4v) is 6.43. The Labute approximate surface area is 355 Å². The molecule has 0 aromatic carbocycles. The number of unbranched alkanes of at least 4 members (excludes halogenated alkanes) is 15. The Morgan fingerprint density at radius 3 is 1.53 bits per heavy atom. The zero-order valence-electron chi connectivity index (χ0n) is 37.1. The Balaban J connectivity index is 4.21. The number of carboxylic acids is 1. The zero-order valence-corrected chi connectivity index (χ0v) is 37.1. The highest BCUT2D eigenvalue weighted by atomic mass is 16.5. The molecule has 330 valence electrons. The normalized spacial score (nSPS) is 13.4. The highest BCUT2D eigenvalue weighted by Gasteiger charge is 2.18. The van der Waals surface area contributed by atoms with Gasteiger partial charge in [-0.3, -0.25) is 9.59 Å². The van der Waals surface area contributed by atoms with Crippen LogP contribution in [0.2, 0.25) is 0 Å². The van der Waals surface area contributed by atoms with Crippen molar-refractivity contribution in [2.24, 2.45) is 5.73 Å². The van der Waals surface area contributed by atoms with Crippen molar-refractivity contribution in [1.82, 2.24) is 5.32 Å². The summed E-state index contributed by atoms with van der Waals surface area (Å²) in [5.41, 5.74) is 5.48. The van der Waals surface area contributed by atoms with Gasteiger partial charge in [-0.25, -0.2) is 4.79 Å². The highest BCUT2D eigenvalue weighted by molar-refractivity contribution is 5.83. The Kier molecular flexibility index (Phi) is 42.0. The number of nitrogens with two attached hydrogens (primary N) is 1. The minimum Gasteiger partial charge on any atom is -0.480 e. The molecular formula is C51H86N2O5. The highest BCUT2D eigenvalue weighted by Crippen LogP contribution is 2.16. The number of ether oxygens (including phenoxy) is 1. The van der Waals surface area contributed by atoms with Gasteiger partial charge in [-0.1, -0.05) is 163 Å². The van der Waals surface area contributed by atoms with Gasteiger partial charge in [0.25, 0.3) is 0 Å². The van der Waals surface area contributed by atoms with E-state index in [9.17, 15) is 19.5 Å². The largest absolute Gasteiger partial charge is 0.480 e. The van der Waals surface area contributed by atoms with Crippen LogP contribution in [0.25, 0.3) is 0 Å². The summed E-state index contributed by atoms with van der Waals surface area (Å²) < 4.78 is 5.94. The van der Waals surface area contributed by atoms with E-state index in [1.54, 1.807) is 0 Å². The summed E-state index contributed by atoms with van der Waals surface area (Å²) in [5, 5.41) is 11.9. The molecule has 7 heteroatoms. The molecule has 0 saturated heterocycles. The third-order valence-corrected chi connectivity index (χ3v) is 9.93. The predicted octanol–water partition coefficient (Wildman–Crippen LogP) is 13.7. The first kappa shape index (κ1) is 54.6. The van der Waals surface area contributed by atoms with Crippen LogP contribution in [0, 0.1) is 0 Å². The minimum absolute atomic E-state index is 0.0896. The number of nitrogens with one attached hydrogen (secondary N) is 1. The van der Waals surface area contributed by atoms with E-state index < -0.39 is 12.0 Å². The fraction of sp³-hybridized carbons (Fsp3) is 0.667. The van der Waals surface area contributed by atoms with Crippen LogP contribution in [0.1, 0.15) is 200 Å². The maximum absolute atomic E-state index is 12.8. The smallest absolute Gasteiger partial charge is 0.326 e. The van der Waals surface area contributed by atoms with Gasteiger partial charge in [0.1, 0.15) is 12.1 Å². The van der Waals surface area contributed by atoms with Crippen molar-refractivity contribution in [2.45, 2.75) is 212 Å². The lowest BCUT2D eigenvalue weighted by Crippen LogP contribution is -2.40. The Hall–Kier alpha value is -3.45. The van der Waals surface area contributed by atoms with Crippen LogP contribution in [0.3, 0.4) is 0 Å². The second-order valence-electron chi connectivity index (χ2n) is 15.4. The number of carbonyl (C=O) groups excluding carboxylic acids is 2. The molecule has 0 fully saturated rings. The van der Waals surface area contributed by atoms with Gasteiger partial charge in [-0.05, 0) is 115 Å². The van der Waals surface area contributed by atoms with Gasteiger partial charge in [0.2, 0.25) is 5.91 Å². The molecule has 58 heavy (non-hydrogen) atoms. The molecule has 0 spiro atoms. The van der Waals surface area contributed by atoms with Gasteiger partial charge in [0.15, 0.2) is 0 Å². The first-order valence-electron chi connectivity index (χ1n) is 23.4. The minimum atomic E-state index is -1.01. The molecule has 2 unspecified atom stereocenters. The maximum Gasteiger partial charge on any atom is 0.326 e. The molecule has 1 amide bonds. The number of rotatable bonds is 41. The van der Waals surface area contributed by atoms with Crippen molar-refractivity contribution in [2.75, 3.05) is 6.54 Å². The predicted molar refractivity (Wildman–Crippen MR) is 248 cm³/mol. The van der Waals surface area contributed by atoms with Crippen LogP contribution >= 0.6 is 0 Å². The monoisotopic (exact) mass is 807 g/mol. The van der Waals surface area contributed by atoms with Gasteiger partial charge in [0, 0.05) is 12.8 Å². The van der Waals surface area contributed by atoms with Crippen LogP contribution in [0.5, 0.6) is 0 Å². The Morgan fingerprint density at radius 2 is 1.00 bits per heavy atom. The first-order valence-corrected chi connectivity index (χ1v) is 23.4. The third kappa shape index (κ3) is 40.7. The molecule has 0 saturated carbocycles. The van der Waals surface area contributed by atoms with E-state index in [0.717, 1.165) is 109 Å². The molecule has 7 nitrogen and oxygen atoms in total. The molecule has 0 aliphatic rings. The number of hydrogen-bond donors (Lipinski definition) is 3. The molecule has 0 rings (SSSR count). The van der Waals surface area contributed by atoms with Crippen molar-refractivity contribution in [3.63, 3.8) is 0 Å². The lowest BCUT2D eigenvalue weighted by atomic mass is 10.0.